The number of nitrogens with zero attached hydrogens (tertiary/aromatic N) is 3. The van der Waals surface area contributed by atoms with Crippen molar-refractivity contribution in [3.8, 4) is 0 Å². The van der Waals surface area contributed by atoms with Gasteiger partial charge in [0.25, 0.3) is 5.91 Å². The van der Waals surface area contributed by atoms with Crippen LogP contribution in [0.3, 0.4) is 0 Å². The molecule has 0 unspecified atom stereocenters. The minimum absolute atomic E-state index is 0.134. The zero-order valence-electron chi connectivity index (χ0n) is 8.69. The van der Waals surface area contributed by atoms with Crippen molar-refractivity contribution in [3.63, 3.8) is 0 Å². The summed E-state index contributed by atoms with van der Waals surface area (Å²) in [5.41, 5.74) is 0.275. The van der Waals surface area contributed by atoms with Gasteiger partial charge in [0, 0.05) is 5.56 Å². The van der Waals surface area contributed by atoms with Crippen LogP contribution in [0.4, 0.5) is 5.82 Å². The monoisotopic (exact) mass is 302 g/mol. The Balaban J connectivity index is 2.19. The van der Waals surface area contributed by atoms with Gasteiger partial charge < -0.3 is 5.32 Å². The molecule has 2 aromatic rings. The van der Waals surface area contributed by atoms with Crippen LogP contribution in [-0.4, -0.2) is 21.1 Å². The molecule has 0 saturated heterocycles. The topological polar surface area (TPSA) is 67.8 Å². The number of halogens is 3. The Bertz CT molecular complexity index is 568. The lowest BCUT2D eigenvalue weighted by Gasteiger charge is -2.04. The number of carbonyl (C=O) groups is 1. The normalized spacial score (nSPS) is 10.2. The summed E-state index contributed by atoms with van der Waals surface area (Å²) in [4.78, 5) is 15.6. The average molecular weight is 304 g/mol. The van der Waals surface area contributed by atoms with Crippen LogP contribution in [0.2, 0.25) is 15.5 Å². The fourth-order valence-electron chi connectivity index (χ4n) is 1.17. The van der Waals surface area contributed by atoms with Crippen LogP contribution < -0.4 is 5.32 Å². The summed E-state index contributed by atoms with van der Waals surface area (Å²) in [6.07, 6.45) is 0. The highest BCUT2D eigenvalue weighted by atomic mass is 35.5. The number of pyridine rings is 1. The summed E-state index contributed by atoms with van der Waals surface area (Å²) in [7, 11) is 0. The predicted molar refractivity (Wildman–Crippen MR) is 69.3 cm³/mol. The standard InChI is InChI=1S/C10H5Cl3N4O/c11-6-1-2-9(17-16-6)15-10(18)5-3-7(12)14-8(13)4-5/h1-4H,(H,15,17,18). The van der Waals surface area contributed by atoms with Gasteiger partial charge in [0.1, 0.15) is 10.3 Å². The maximum atomic E-state index is 11.8. The third-order valence-electron chi connectivity index (χ3n) is 1.90. The Labute approximate surface area is 117 Å². The number of aromatic nitrogens is 3. The van der Waals surface area contributed by atoms with Crippen LogP contribution in [0.5, 0.6) is 0 Å². The second kappa shape index (κ2) is 5.48. The number of hydrogen-bond donors (Lipinski definition) is 1. The first-order chi connectivity index (χ1) is 8.54. The molecule has 1 N–H and O–H groups in total. The molecule has 0 saturated carbocycles. The van der Waals surface area contributed by atoms with Gasteiger partial charge in [0.2, 0.25) is 0 Å². The van der Waals surface area contributed by atoms with E-state index < -0.39 is 5.91 Å². The molecule has 0 aliphatic carbocycles. The predicted octanol–water partition coefficient (Wildman–Crippen LogP) is 3.08. The van der Waals surface area contributed by atoms with Crippen LogP contribution >= 0.6 is 34.8 Å². The van der Waals surface area contributed by atoms with E-state index in [9.17, 15) is 4.79 Å². The van der Waals surface area contributed by atoms with Crippen molar-refractivity contribution in [1.82, 2.24) is 15.2 Å². The van der Waals surface area contributed by atoms with Crippen molar-refractivity contribution in [2.45, 2.75) is 0 Å². The highest BCUT2D eigenvalue weighted by Gasteiger charge is 2.09. The molecule has 2 heterocycles. The Morgan fingerprint density at radius 1 is 1.00 bits per heavy atom. The summed E-state index contributed by atoms with van der Waals surface area (Å²) in [5.74, 6) is -0.147. The van der Waals surface area contributed by atoms with Gasteiger partial charge in [-0.15, -0.1) is 10.2 Å². The van der Waals surface area contributed by atoms with Gasteiger partial charge in [-0.2, -0.15) is 0 Å². The molecule has 2 aromatic heterocycles. The van der Waals surface area contributed by atoms with Crippen LogP contribution in [0.1, 0.15) is 10.4 Å². The molecule has 5 nitrogen and oxygen atoms in total. The van der Waals surface area contributed by atoms with Gasteiger partial charge in [-0.3, -0.25) is 4.79 Å². The highest BCUT2D eigenvalue weighted by Crippen LogP contribution is 2.16. The summed E-state index contributed by atoms with van der Waals surface area (Å²) in [6.45, 7) is 0. The van der Waals surface area contributed by atoms with Crippen molar-refractivity contribution < 1.29 is 4.79 Å². The molecule has 0 atom stereocenters. The van der Waals surface area contributed by atoms with Crippen molar-refractivity contribution >= 4 is 46.5 Å². The van der Waals surface area contributed by atoms with Crippen molar-refractivity contribution in [2.24, 2.45) is 0 Å². The quantitative estimate of drug-likeness (QED) is 0.866. The molecule has 0 aliphatic heterocycles. The first-order valence-electron chi connectivity index (χ1n) is 4.68. The van der Waals surface area contributed by atoms with Gasteiger partial charge in [-0.05, 0) is 24.3 Å². The summed E-state index contributed by atoms with van der Waals surface area (Å²) in [6, 6.07) is 5.83. The van der Waals surface area contributed by atoms with Gasteiger partial charge >= 0.3 is 0 Å². The Hall–Kier alpha value is -1.43. The minimum atomic E-state index is -0.419. The van der Waals surface area contributed by atoms with E-state index in [0.717, 1.165) is 0 Å². The molecule has 0 aliphatic rings. The van der Waals surface area contributed by atoms with Crippen LogP contribution in [0.15, 0.2) is 24.3 Å². The molecule has 0 radical (unpaired) electrons. The first-order valence-corrected chi connectivity index (χ1v) is 5.81. The Kier molecular flexibility index (Phi) is 3.96. The second-order valence-electron chi connectivity index (χ2n) is 3.20. The lowest BCUT2D eigenvalue weighted by atomic mass is 10.2. The molecular weight excluding hydrogens is 298 g/mol. The fraction of sp³-hybridized carbons (Fsp3) is 0. The van der Waals surface area contributed by atoms with E-state index in [1.807, 2.05) is 0 Å². The Morgan fingerprint density at radius 3 is 2.22 bits per heavy atom. The Morgan fingerprint density at radius 2 is 1.67 bits per heavy atom. The van der Waals surface area contributed by atoms with Crippen molar-refractivity contribution in [3.05, 3.63) is 45.3 Å². The molecule has 8 heteroatoms. The number of amides is 1. The molecule has 0 fully saturated rings. The first kappa shape index (κ1) is 13.0. The molecule has 0 aromatic carbocycles. The zero-order valence-corrected chi connectivity index (χ0v) is 11.0. The minimum Gasteiger partial charge on any atom is -0.305 e. The van der Waals surface area contributed by atoms with Crippen molar-refractivity contribution in [1.29, 1.82) is 0 Å². The van der Waals surface area contributed by atoms with Crippen LogP contribution in [0.25, 0.3) is 0 Å². The third-order valence-corrected chi connectivity index (χ3v) is 2.49. The van der Waals surface area contributed by atoms with Crippen molar-refractivity contribution in [2.75, 3.05) is 5.32 Å². The molecule has 92 valence electrons. The van der Waals surface area contributed by atoms with E-state index in [1.54, 1.807) is 0 Å². The fourth-order valence-corrected chi connectivity index (χ4v) is 1.73. The largest absolute Gasteiger partial charge is 0.305 e. The van der Waals surface area contributed by atoms with E-state index >= 15 is 0 Å². The van der Waals surface area contributed by atoms with Crippen LogP contribution in [0, 0.1) is 0 Å². The van der Waals surface area contributed by atoms with E-state index in [4.69, 9.17) is 34.8 Å². The average Bonchev–Trinajstić information content (AvgIpc) is 2.31. The lowest BCUT2D eigenvalue weighted by Crippen LogP contribution is -2.13. The third kappa shape index (κ3) is 3.29. The van der Waals surface area contributed by atoms with E-state index in [-0.39, 0.29) is 26.8 Å². The molecule has 18 heavy (non-hydrogen) atoms. The summed E-state index contributed by atoms with van der Waals surface area (Å²) in [5, 5.41) is 10.3. The molecule has 0 spiro atoms. The molecular formula is C10H5Cl3N4O. The van der Waals surface area contributed by atoms with Gasteiger partial charge in [-0.1, -0.05) is 34.8 Å². The number of carbonyl (C=O) groups excluding carboxylic acids is 1. The highest BCUT2D eigenvalue weighted by molar-refractivity contribution is 6.33. The summed E-state index contributed by atoms with van der Waals surface area (Å²) < 4.78 is 0. The van der Waals surface area contributed by atoms with E-state index in [0.29, 0.717) is 0 Å². The SMILES string of the molecule is O=C(Nc1ccc(Cl)nn1)c1cc(Cl)nc(Cl)c1. The maximum absolute atomic E-state index is 11.8. The van der Waals surface area contributed by atoms with E-state index in [1.165, 1.54) is 24.3 Å². The number of nitrogens with one attached hydrogen (secondary N) is 1. The molecule has 0 bridgehead atoms. The number of anilines is 1. The number of hydrogen-bond acceptors (Lipinski definition) is 4. The number of rotatable bonds is 2. The molecule has 2 rings (SSSR count). The molecule has 1 amide bonds. The van der Waals surface area contributed by atoms with Gasteiger partial charge in [-0.25, -0.2) is 4.98 Å². The van der Waals surface area contributed by atoms with Crippen LogP contribution in [-0.2, 0) is 0 Å². The zero-order chi connectivity index (χ0) is 13.1. The smallest absolute Gasteiger partial charge is 0.257 e. The maximum Gasteiger partial charge on any atom is 0.257 e. The lowest BCUT2D eigenvalue weighted by molar-refractivity contribution is 0.102. The second-order valence-corrected chi connectivity index (χ2v) is 4.36. The van der Waals surface area contributed by atoms with Gasteiger partial charge in [0.15, 0.2) is 11.0 Å². The summed E-state index contributed by atoms with van der Waals surface area (Å²) >= 11 is 17.0. The van der Waals surface area contributed by atoms with Gasteiger partial charge in [0.05, 0.1) is 0 Å². The van der Waals surface area contributed by atoms with E-state index in [2.05, 4.69) is 20.5 Å².